The molecule has 1 aliphatic carbocycles. The molecule has 2 aromatic rings. The number of rotatable bonds is 9. The SMILES string of the molecule is CCN(CC(=O)O)C1CC(NC(=O)CSC(C)c2nc3ccccc3[nH]2)C1. The summed E-state index contributed by atoms with van der Waals surface area (Å²) in [5.41, 5.74) is 1.94. The minimum absolute atomic E-state index is 0.0210. The molecule has 146 valence electrons. The molecule has 1 aromatic carbocycles. The molecule has 3 rings (SSSR count). The Morgan fingerprint density at radius 2 is 2.15 bits per heavy atom. The Labute approximate surface area is 162 Å². The van der Waals surface area contributed by atoms with E-state index in [-0.39, 0.29) is 29.8 Å². The topological polar surface area (TPSA) is 98.3 Å². The molecule has 7 nitrogen and oxygen atoms in total. The van der Waals surface area contributed by atoms with Gasteiger partial charge in [0.1, 0.15) is 5.82 Å². The van der Waals surface area contributed by atoms with Crippen molar-refractivity contribution in [1.29, 1.82) is 0 Å². The molecule has 0 spiro atoms. The highest BCUT2D eigenvalue weighted by atomic mass is 32.2. The minimum atomic E-state index is -0.805. The third-order valence-electron chi connectivity index (χ3n) is 5.00. The molecule has 1 fully saturated rings. The van der Waals surface area contributed by atoms with Gasteiger partial charge in [0.05, 0.1) is 28.6 Å². The molecular weight excluding hydrogens is 364 g/mol. The average molecular weight is 391 g/mol. The average Bonchev–Trinajstić information content (AvgIpc) is 3.04. The van der Waals surface area contributed by atoms with Gasteiger partial charge in [0, 0.05) is 12.1 Å². The van der Waals surface area contributed by atoms with Crippen LogP contribution in [0.3, 0.4) is 0 Å². The van der Waals surface area contributed by atoms with Crippen molar-refractivity contribution in [1.82, 2.24) is 20.2 Å². The fourth-order valence-corrected chi connectivity index (χ4v) is 4.14. The molecule has 8 heteroatoms. The van der Waals surface area contributed by atoms with Crippen LogP contribution in [0.4, 0.5) is 0 Å². The predicted molar refractivity (Wildman–Crippen MR) is 107 cm³/mol. The number of benzene rings is 1. The summed E-state index contributed by atoms with van der Waals surface area (Å²) in [6.45, 7) is 4.78. The summed E-state index contributed by atoms with van der Waals surface area (Å²) in [5.74, 6) is 0.476. The Morgan fingerprint density at radius 3 is 2.81 bits per heavy atom. The fraction of sp³-hybridized carbons (Fsp3) is 0.526. The number of nitrogens with one attached hydrogen (secondary N) is 2. The van der Waals surface area contributed by atoms with Crippen molar-refractivity contribution in [3.05, 3.63) is 30.1 Å². The highest BCUT2D eigenvalue weighted by Gasteiger charge is 2.34. The number of likely N-dealkylation sites (N-methyl/N-ethyl adjacent to an activating group) is 1. The number of carbonyl (C=O) groups is 2. The number of carboxylic acids is 1. The van der Waals surface area contributed by atoms with Gasteiger partial charge in [0.2, 0.25) is 5.91 Å². The third kappa shape index (κ3) is 5.01. The number of hydrogen-bond acceptors (Lipinski definition) is 5. The Kier molecular flexibility index (Phi) is 6.38. The number of carboxylic acid groups (broad SMARTS) is 1. The molecule has 27 heavy (non-hydrogen) atoms. The minimum Gasteiger partial charge on any atom is -0.480 e. The van der Waals surface area contributed by atoms with Crippen LogP contribution in [0.1, 0.15) is 37.8 Å². The fourth-order valence-electron chi connectivity index (χ4n) is 3.39. The van der Waals surface area contributed by atoms with E-state index in [1.165, 1.54) is 0 Å². The number of aromatic amines is 1. The molecule has 0 saturated heterocycles. The van der Waals surface area contributed by atoms with Crippen LogP contribution in [0.2, 0.25) is 0 Å². The number of H-pyrrole nitrogens is 1. The number of amides is 1. The summed E-state index contributed by atoms with van der Waals surface area (Å²) in [7, 11) is 0. The van der Waals surface area contributed by atoms with Crippen LogP contribution in [0.15, 0.2) is 24.3 Å². The lowest BCUT2D eigenvalue weighted by Crippen LogP contribution is -2.55. The molecule has 0 bridgehead atoms. The van der Waals surface area contributed by atoms with E-state index >= 15 is 0 Å². The summed E-state index contributed by atoms with van der Waals surface area (Å²) < 4.78 is 0. The lowest BCUT2D eigenvalue weighted by atomic mass is 9.85. The normalized spacial score (nSPS) is 20.4. The van der Waals surface area contributed by atoms with Crippen molar-refractivity contribution in [3.8, 4) is 0 Å². The number of fused-ring (bicyclic) bond motifs is 1. The lowest BCUT2D eigenvalue weighted by molar-refractivity contribution is -0.139. The number of aliphatic carboxylic acids is 1. The Hall–Kier alpha value is -2.06. The van der Waals surface area contributed by atoms with Crippen molar-refractivity contribution >= 4 is 34.7 Å². The van der Waals surface area contributed by atoms with Crippen molar-refractivity contribution in [3.63, 3.8) is 0 Å². The Balaban J connectivity index is 1.40. The van der Waals surface area contributed by atoms with Gasteiger partial charge in [-0.2, -0.15) is 0 Å². The molecule has 0 aliphatic heterocycles. The number of aromatic nitrogens is 2. The number of thioether (sulfide) groups is 1. The van der Waals surface area contributed by atoms with E-state index in [0.717, 1.165) is 29.7 Å². The summed E-state index contributed by atoms with van der Waals surface area (Å²) >= 11 is 1.56. The van der Waals surface area contributed by atoms with E-state index < -0.39 is 5.97 Å². The number of para-hydroxylation sites is 2. The molecule has 1 heterocycles. The molecule has 1 saturated carbocycles. The number of hydrogen-bond donors (Lipinski definition) is 3. The van der Waals surface area contributed by atoms with Gasteiger partial charge in [-0.1, -0.05) is 19.1 Å². The van der Waals surface area contributed by atoms with E-state index in [0.29, 0.717) is 12.3 Å². The van der Waals surface area contributed by atoms with Gasteiger partial charge < -0.3 is 15.4 Å². The Bertz CT molecular complexity index is 770. The lowest BCUT2D eigenvalue weighted by Gasteiger charge is -2.42. The first-order valence-corrected chi connectivity index (χ1v) is 10.3. The van der Waals surface area contributed by atoms with Crippen LogP contribution in [0, 0.1) is 0 Å². The second-order valence-corrected chi connectivity index (χ2v) is 8.27. The standard InChI is InChI=1S/C19H26N4O3S/c1-3-23(10-18(25)26)14-8-13(9-14)20-17(24)11-27-12(2)19-21-15-6-4-5-7-16(15)22-19/h4-7,12-14H,3,8-11H2,1-2H3,(H,20,24)(H,21,22)(H,25,26). The van der Waals surface area contributed by atoms with Crippen LogP contribution in [-0.2, 0) is 9.59 Å². The third-order valence-corrected chi connectivity index (χ3v) is 6.15. The zero-order valence-electron chi connectivity index (χ0n) is 15.6. The van der Waals surface area contributed by atoms with Crippen LogP contribution in [0.25, 0.3) is 11.0 Å². The molecule has 1 aromatic heterocycles. The molecule has 1 atom stereocenters. The molecule has 3 N–H and O–H groups in total. The number of carbonyl (C=O) groups excluding carboxylic acids is 1. The largest absolute Gasteiger partial charge is 0.480 e. The van der Waals surface area contributed by atoms with Crippen LogP contribution in [0.5, 0.6) is 0 Å². The van der Waals surface area contributed by atoms with Crippen LogP contribution >= 0.6 is 11.8 Å². The van der Waals surface area contributed by atoms with E-state index in [1.807, 2.05) is 43.0 Å². The van der Waals surface area contributed by atoms with E-state index in [4.69, 9.17) is 5.11 Å². The first-order chi connectivity index (χ1) is 13.0. The summed E-state index contributed by atoms with van der Waals surface area (Å²) in [6.07, 6.45) is 1.63. The van der Waals surface area contributed by atoms with Crippen molar-refractivity contribution in [2.24, 2.45) is 0 Å². The highest BCUT2D eigenvalue weighted by Crippen LogP contribution is 2.29. The molecule has 0 radical (unpaired) electrons. The number of imidazole rings is 1. The zero-order valence-corrected chi connectivity index (χ0v) is 16.5. The summed E-state index contributed by atoms with van der Waals surface area (Å²) in [6, 6.07) is 8.28. The van der Waals surface area contributed by atoms with Gasteiger partial charge in [-0.3, -0.25) is 14.5 Å². The smallest absolute Gasteiger partial charge is 0.317 e. The van der Waals surface area contributed by atoms with Gasteiger partial charge in [0.15, 0.2) is 0 Å². The second kappa shape index (κ2) is 8.75. The zero-order chi connectivity index (χ0) is 19.4. The van der Waals surface area contributed by atoms with Gasteiger partial charge in [-0.25, -0.2) is 4.98 Å². The second-order valence-electron chi connectivity index (χ2n) is 6.94. The van der Waals surface area contributed by atoms with Crippen LogP contribution < -0.4 is 5.32 Å². The van der Waals surface area contributed by atoms with Gasteiger partial charge in [-0.05, 0) is 38.4 Å². The van der Waals surface area contributed by atoms with Crippen molar-refractivity contribution in [2.45, 2.75) is 44.0 Å². The van der Waals surface area contributed by atoms with Crippen molar-refractivity contribution in [2.75, 3.05) is 18.8 Å². The monoisotopic (exact) mass is 390 g/mol. The Morgan fingerprint density at radius 1 is 1.41 bits per heavy atom. The maximum absolute atomic E-state index is 12.2. The maximum atomic E-state index is 12.2. The van der Waals surface area contributed by atoms with E-state index in [1.54, 1.807) is 11.8 Å². The van der Waals surface area contributed by atoms with E-state index in [9.17, 15) is 9.59 Å². The van der Waals surface area contributed by atoms with E-state index in [2.05, 4.69) is 15.3 Å². The molecule has 1 aliphatic rings. The summed E-state index contributed by atoms with van der Waals surface area (Å²) in [5, 5.41) is 12.1. The quantitative estimate of drug-likeness (QED) is 0.608. The van der Waals surface area contributed by atoms with Gasteiger partial charge in [0.25, 0.3) is 0 Å². The summed E-state index contributed by atoms with van der Waals surface area (Å²) in [4.78, 5) is 32.9. The molecule has 1 amide bonds. The molecule has 1 unspecified atom stereocenters. The van der Waals surface area contributed by atoms with Crippen LogP contribution in [-0.4, -0.2) is 62.8 Å². The highest BCUT2D eigenvalue weighted by molar-refractivity contribution is 8.00. The molecular formula is C19H26N4O3S. The maximum Gasteiger partial charge on any atom is 0.317 e. The number of nitrogens with zero attached hydrogens (tertiary/aromatic N) is 2. The van der Waals surface area contributed by atoms with Gasteiger partial charge in [-0.15, -0.1) is 11.8 Å². The predicted octanol–water partition coefficient (Wildman–Crippen LogP) is 2.41. The van der Waals surface area contributed by atoms with Crippen molar-refractivity contribution < 1.29 is 14.7 Å². The first kappa shape index (κ1) is 19.7. The van der Waals surface area contributed by atoms with Gasteiger partial charge >= 0.3 is 5.97 Å². The first-order valence-electron chi connectivity index (χ1n) is 9.27.